The fourth-order valence-electron chi connectivity index (χ4n) is 5.08. The fourth-order valence-corrected chi connectivity index (χ4v) is 6.49. The van der Waals surface area contributed by atoms with E-state index in [9.17, 15) is 18.0 Å². The Morgan fingerprint density at radius 2 is 1.43 bits per heavy atom. The number of methoxy groups -OCH3 is 2. The second-order valence-electron chi connectivity index (χ2n) is 10.4. The van der Waals surface area contributed by atoms with Gasteiger partial charge in [-0.25, -0.2) is 8.42 Å². The predicted molar refractivity (Wildman–Crippen MR) is 162 cm³/mol. The normalized spacial score (nSPS) is 14.5. The van der Waals surface area contributed by atoms with Crippen molar-refractivity contribution in [2.45, 2.75) is 62.6 Å². The Labute approximate surface area is 248 Å². The van der Waals surface area contributed by atoms with Crippen molar-refractivity contribution in [2.75, 3.05) is 25.1 Å². The quantitative estimate of drug-likeness (QED) is 0.325. The Bertz CT molecular complexity index is 1420. The molecule has 0 aromatic heterocycles. The first-order valence-electron chi connectivity index (χ1n) is 14.2. The molecule has 1 saturated carbocycles. The Morgan fingerprint density at radius 3 is 2.00 bits per heavy atom. The third-order valence-corrected chi connectivity index (χ3v) is 9.39. The molecule has 1 aliphatic rings. The topological polar surface area (TPSA) is 105 Å². The minimum Gasteiger partial charge on any atom is -0.497 e. The van der Waals surface area contributed by atoms with Crippen molar-refractivity contribution in [1.82, 2.24) is 10.2 Å². The van der Waals surface area contributed by atoms with Crippen LogP contribution in [0.1, 0.15) is 44.6 Å². The van der Waals surface area contributed by atoms with E-state index in [1.807, 2.05) is 12.1 Å². The molecule has 0 radical (unpaired) electrons. The van der Waals surface area contributed by atoms with Crippen LogP contribution in [-0.4, -0.2) is 58.0 Å². The van der Waals surface area contributed by atoms with Crippen molar-refractivity contribution in [1.29, 1.82) is 0 Å². The van der Waals surface area contributed by atoms with Gasteiger partial charge in [-0.3, -0.25) is 13.9 Å². The smallest absolute Gasteiger partial charge is 0.264 e. The van der Waals surface area contributed by atoms with Gasteiger partial charge in [-0.1, -0.05) is 49.6 Å². The van der Waals surface area contributed by atoms with E-state index < -0.39 is 28.5 Å². The molecule has 1 aliphatic carbocycles. The van der Waals surface area contributed by atoms with Crippen molar-refractivity contribution in [3.05, 3.63) is 84.4 Å². The zero-order valence-corrected chi connectivity index (χ0v) is 25.2. The first-order chi connectivity index (χ1) is 20.2. The molecule has 0 bridgehead atoms. The lowest BCUT2D eigenvalue weighted by atomic mass is 9.95. The van der Waals surface area contributed by atoms with E-state index in [0.29, 0.717) is 17.2 Å². The van der Waals surface area contributed by atoms with Crippen molar-refractivity contribution in [2.24, 2.45) is 0 Å². The lowest BCUT2D eigenvalue weighted by Gasteiger charge is -2.33. The molecule has 0 aliphatic heterocycles. The summed E-state index contributed by atoms with van der Waals surface area (Å²) in [5.74, 6) is 0.423. The summed E-state index contributed by atoms with van der Waals surface area (Å²) in [6, 6.07) is 21.0. The standard InChI is InChI=1S/C32H39N3O6S/c1-24(32(37)33-26-10-6-4-7-11-26)34(22-25-14-16-28(40-2)17-15-25)31(36)23-35(27-12-8-5-9-13-27)42(38,39)30-20-18-29(41-3)19-21-30/h5,8-9,12-21,24,26H,4,6-7,10-11,22-23H2,1-3H3,(H,33,37)/t24-/m0/s1. The number of rotatable bonds is 12. The highest BCUT2D eigenvalue weighted by Crippen LogP contribution is 2.26. The van der Waals surface area contributed by atoms with Gasteiger partial charge in [0.25, 0.3) is 10.0 Å². The van der Waals surface area contributed by atoms with Gasteiger partial charge in [0.15, 0.2) is 0 Å². The molecule has 1 fully saturated rings. The van der Waals surface area contributed by atoms with Crippen LogP contribution in [0.2, 0.25) is 0 Å². The molecule has 1 atom stereocenters. The number of benzene rings is 3. The molecule has 0 unspecified atom stereocenters. The van der Waals surface area contributed by atoms with E-state index in [2.05, 4.69) is 5.32 Å². The molecule has 0 saturated heterocycles. The Hall–Kier alpha value is -4.05. The fraction of sp³-hybridized carbons (Fsp3) is 0.375. The van der Waals surface area contributed by atoms with Gasteiger partial charge in [0, 0.05) is 12.6 Å². The van der Waals surface area contributed by atoms with Crippen molar-refractivity contribution < 1.29 is 27.5 Å². The van der Waals surface area contributed by atoms with E-state index in [4.69, 9.17) is 9.47 Å². The zero-order chi connectivity index (χ0) is 30.1. The van der Waals surface area contributed by atoms with E-state index in [1.165, 1.54) is 24.1 Å². The Morgan fingerprint density at radius 1 is 0.857 bits per heavy atom. The van der Waals surface area contributed by atoms with Gasteiger partial charge >= 0.3 is 0 Å². The summed E-state index contributed by atoms with van der Waals surface area (Å²) >= 11 is 0. The van der Waals surface area contributed by atoms with Gasteiger partial charge in [-0.2, -0.15) is 0 Å². The number of nitrogens with zero attached hydrogens (tertiary/aromatic N) is 2. The van der Waals surface area contributed by atoms with Crippen LogP contribution in [0.3, 0.4) is 0 Å². The first-order valence-corrected chi connectivity index (χ1v) is 15.6. The molecule has 224 valence electrons. The van der Waals surface area contributed by atoms with E-state index >= 15 is 0 Å². The van der Waals surface area contributed by atoms with Crippen molar-refractivity contribution in [3.8, 4) is 11.5 Å². The summed E-state index contributed by atoms with van der Waals surface area (Å²) in [5.41, 5.74) is 1.12. The maximum atomic E-state index is 14.1. The van der Waals surface area contributed by atoms with Crippen molar-refractivity contribution in [3.63, 3.8) is 0 Å². The largest absolute Gasteiger partial charge is 0.497 e. The molecule has 3 aromatic carbocycles. The van der Waals surface area contributed by atoms with Crippen LogP contribution in [0.5, 0.6) is 11.5 Å². The second-order valence-corrected chi connectivity index (χ2v) is 12.3. The molecule has 42 heavy (non-hydrogen) atoms. The van der Waals surface area contributed by atoms with Gasteiger partial charge in [0.1, 0.15) is 24.1 Å². The number of para-hydroxylation sites is 1. The van der Waals surface area contributed by atoms with E-state index in [1.54, 1.807) is 68.6 Å². The van der Waals surface area contributed by atoms with Crippen LogP contribution in [0, 0.1) is 0 Å². The third kappa shape index (κ3) is 7.61. The summed E-state index contributed by atoms with van der Waals surface area (Å²) in [6.07, 6.45) is 5.09. The van der Waals surface area contributed by atoms with Crippen LogP contribution in [0.4, 0.5) is 5.69 Å². The highest BCUT2D eigenvalue weighted by atomic mass is 32.2. The maximum Gasteiger partial charge on any atom is 0.264 e. The number of hydrogen-bond acceptors (Lipinski definition) is 6. The highest BCUT2D eigenvalue weighted by Gasteiger charge is 2.33. The molecule has 0 spiro atoms. The summed E-state index contributed by atoms with van der Waals surface area (Å²) in [4.78, 5) is 28.9. The predicted octanol–water partition coefficient (Wildman–Crippen LogP) is 4.77. The summed E-state index contributed by atoms with van der Waals surface area (Å²) < 4.78 is 39.3. The summed E-state index contributed by atoms with van der Waals surface area (Å²) in [6.45, 7) is 1.31. The average molecular weight is 594 g/mol. The highest BCUT2D eigenvalue weighted by molar-refractivity contribution is 7.92. The minimum atomic E-state index is -4.14. The minimum absolute atomic E-state index is 0.0183. The van der Waals surface area contributed by atoms with Crippen LogP contribution in [0.15, 0.2) is 83.8 Å². The van der Waals surface area contributed by atoms with Gasteiger partial charge in [0.2, 0.25) is 11.8 Å². The Kier molecular flexibility index (Phi) is 10.5. The van der Waals surface area contributed by atoms with Crippen LogP contribution in [0.25, 0.3) is 0 Å². The summed E-state index contributed by atoms with van der Waals surface area (Å²) in [5, 5.41) is 3.11. The SMILES string of the molecule is COc1ccc(CN(C(=O)CN(c2ccccc2)S(=O)(=O)c2ccc(OC)cc2)[C@@H](C)C(=O)NC2CCCCC2)cc1. The number of ether oxygens (including phenoxy) is 2. The summed E-state index contributed by atoms with van der Waals surface area (Å²) in [7, 11) is -1.07. The molecule has 2 amide bonds. The number of hydrogen-bond donors (Lipinski definition) is 1. The Balaban J connectivity index is 1.65. The van der Waals surface area contributed by atoms with Crippen LogP contribution in [-0.2, 0) is 26.2 Å². The zero-order valence-electron chi connectivity index (χ0n) is 24.4. The first kappa shape index (κ1) is 30.9. The molecule has 10 heteroatoms. The molecule has 0 heterocycles. The maximum absolute atomic E-state index is 14.1. The second kappa shape index (κ2) is 14.2. The number of sulfonamides is 1. The lowest BCUT2D eigenvalue weighted by molar-refractivity contribution is -0.139. The molecule has 9 nitrogen and oxygen atoms in total. The van der Waals surface area contributed by atoms with Crippen LogP contribution >= 0.6 is 0 Å². The van der Waals surface area contributed by atoms with Gasteiger partial charge in [0.05, 0.1) is 24.8 Å². The van der Waals surface area contributed by atoms with E-state index in [0.717, 1.165) is 42.0 Å². The monoisotopic (exact) mass is 593 g/mol. The number of carbonyl (C=O) groups is 2. The molecule has 1 N–H and O–H groups in total. The number of amides is 2. The number of anilines is 1. The average Bonchev–Trinajstić information content (AvgIpc) is 3.03. The molecular weight excluding hydrogens is 554 g/mol. The van der Waals surface area contributed by atoms with Crippen molar-refractivity contribution >= 4 is 27.5 Å². The molecule has 3 aromatic rings. The molecule has 4 rings (SSSR count). The van der Waals surface area contributed by atoms with E-state index in [-0.39, 0.29) is 23.4 Å². The molecular formula is C32H39N3O6S. The van der Waals surface area contributed by atoms with Gasteiger partial charge in [-0.05, 0) is 73.9 Å². The number of carbonyl (C=O) groups excluding carboxylic acids is 2. The van der Waals surface area contributed by atoms with Crippen LogP contribution < -0.4 is 19.1 Å². The van der Waals surface area contributed by atoms with Gasteiger partial charge < -0.3 is 19.7 Å². The van der Waals surface area contributed by atoms with Gasteiger partial charge in [-0.15, -0.1) is 0 Å². The third-order valence-electron chi connectivity index (χ3n) is 7.60. The number of nitrogens with one attached hydrogen (secondary N) is 1. The lowest BCUT2D eigenvalue weighted by Crippen LogP contribution is -2.53.